The molecule has 0 radical (unpaired) electrons. The van der Waals surface area contributed by atoms with E-state index in [4.69, 9.17) is 14.6 Å². The highest BCUT2D eigenvalue weighted by Crippen LogP contribution is 2.33. The Balaban J connectivity index is 0.000000360. The molecule has 8 nitrogen and oxygen atoms in total. The van der Waals surface area contributed by atoms with Crippen LogP contribution in [0.4, 0.5) is 13.2 Å². The summed E-state index contributed by atoms with van der Waals surface area (Å²) in [6.45, 7) is 1.82. The number of amides is 2. The van der Waals surface area contributed by atoms with E-state index >= 15 is 0 Å². The van der Waals surface area contributed by atoms with Crippen molar-refractivity contribution in [3.05, 3.63) is 42.1 Å². The number of hydrogen-bond acceptors (Lipinski definition) is 5. The molecule has 2 atom stereocenters. The van der Waals surface area contributed by atoms with Crippen LogP contribution in [0, 0.1) is 0 Å². The lowest BCUT2D eigenvalue weighted by molar-refractivity contribution is -0.192. The van der Waals surface area contributed by atoms with Crippen molar-refractivity contribution < 1.29 is 37.4 Å². The molecule has 0 bridgehead atoms. The largest absolute Gasteiger partial charge is 0.490 e. The number of halogens is 3. The number of ether oxygens (including phenoxy) is 1. The number of hydrogen-bond donors (Lipinski definition) is 1. The lowest BCUT2D eigenvalue weighted by Gasteiger charge is -2.25. The summed E-state index contributed by atoms with van der Waals surface area (Å²) in [5.74, 6) is -2.64. The van der Waals surface area contributed by atoms with Gasteiger partial charge in [-0.3, -0.25) is 14.6 Å². The van der Waals surface area contributed by atoms with Crippen LogP contribution in [0.1, 0.15) is 23.2 Å². The van der Waals surface area contributed by atoms with Crippen molar-refractivity contribution in [1.29, 1.82) is 0 Å². The van der Waals surface area contributed by atoms with E-state index in [2.05, 4.69) is 4.98 Å². The highest BCUT2D eigenvalue weighted by Gasteiger charge is 2.48. The molecule has 2 saturated heterocycles. The Bertz CT molecular complexity index is 1010. The van der Waals surface area contributed by atoms with Gasteiger partial charge in [-0.2, -0.15) is 13.2 Å². The van der Waals surface area contributed by atoms with Gasteiger partial charge in [0.1, 0.15) is 0 Å². The van der Waals surface area contributed by atoms with E-state index in [-0.39, 0.29) is 23.9 Å². The number of fused-ring (bicyclic) bond motifs is 2. The predicted molar refractivity (Wildman–Crippen MR) is 107 cm³/mol. The number of nitrogens with zero attached hydrogens (tertiary/aromatic N) is 3. The second-order valence-electron chi connectivity index (χ2n) is 7.42. The number of carboxylic acids is 1. The summed E-state index contributed by atoms with van der Waals surface area (Å²) >= 11 is 0. The first-order chi connectivity index (χ1) is 15.1. The Morgan fingerprint density at radius 3 is 2.62 bits per heavy atom. The van der Waals surface area contributed by atoms with Crippen LogP contribution in [0.5, 0.6) is 0 Å². The highest BCUT2D eigenvalue weighted by molar-refractivity contribution is 5.99. The number of pyridine rings is 1. The molecule has 0 aliphatic carbocycles. The van der Waals surface area contributed by atoms with Crippen LogP contribution in [-0.2, 0) is 14.3 Å². The third kappa shape index (κ3) is 4.98. The molecule has 0 spiro atoms. The van der Waals surface area contributed by atoms with E-state index in [0.29, 0.717) is 31.7 Å². The van der Waals surface area contributed by atoms with Gasteiger partial charge >= 0.3 is 12.1 Å². The van der Waals surface area contributed by atoms with Crippen molar-refractivity contribution in [2.75, 3.05) is 26.8 Å². The fourth-order valence-corrected chi connectivity index (χ4v) is 4.03. The molecule has 11 heteroatoms. The monoisotopic (exact) mass is 453 g/mol. The lowest BCUT2D eigenvalue weighted by Crippen LogP contribution is -2.40. The molecule has 2 fully saturated rings. The zero-order valence-corrected chi connectivity index (χ0v) is 17.2. The van der Waals surface area contributed by atoms with Crippen LogP contribution < -0.4 is 0 Å². The molecule has 1 N–H and O–H groups in total. The number of carbonyl (C=O) groups is 3. The van der Waals surface area contributed by atoms with Gasteiger partial charge < -0.3 is 19.6 Å². The molecule has 3 heterocycles. The summed E-state index contributed by atoms with van der Waals surface area (Å²) in [5, 5.41) is 8.08. The van der Waals surface area contributed by atoms with Gasteiger partial charge in [0, 0.05) is 43.8 Å². The molecule has 1 aromatic heterocycles. The van der Waals surface area contributed by atoms with Crippen molar-refractivity contribution in [1.82, 2.24) is 14.8 Å². The Morgan fingerprint density at radius 1 is 1.25 bits per heavy atom. The van der Waals surface area contributed by atoms with Crippen molar-refractivity contribution in [3.63, 3.8) is 0 Å². The minimum absolute atomic E-state index is 0.000329. The molecular weight excluding hydrogens is 431 g/mol. The number of alkyl halides is 3. The number of aliphatic carboxylic acids is 1. The second-order valence-corrected chi connectivity index (χ2v) is 7.42. The van der Waals surface area contributed by atoms with Gasteiger partial charge in [0.25, 0.3) is 5.91 Å². The topological polar surface area (TPSA) is 100 Å². The van der Waals surface area contributed by atoms with Crippen molar-refractivity contribution in [3.8, 4) is 0 Å². The van der Waals surface area contributed by atoms with E-state index in [1.54, 1.807) is 13.3 Å². The minimum Gasteiger partial charge on any atom is -0.475 e. The highest BCUT2D eigenvalue weighted by atomic mass is 19.4. The molecule has 172 valence electrons. The minimum atomic E-state index is -5.08. The van der Waals surface area contributed by atoms with Crippen LogP contribution in [0.15, 0.2) is 36.5 Å². The Kier molecular flexibility index (Phi) is 6.97. The van der Waals surface area contributed by atoms with Gasteiger partial charge in [0.2, 0.25) is 5.91 Å². The van der Waals surface area contributed by atoms with Gasteiger partial charge in [0.05, 0.1) is 24.2 Å². The zero-order chi connectivity index (χ0) is 23.5. The van der Waals surface area contributed by atoms with Crippen LogP contribution in [0.2, 0.25) is 0 Å². The Hall–Kier alpha value is -3.21. The normalized spacial score (nSPS) is 20.2. The van der Waals surface area contributed by atoms with Gasteiger partial charge in [-0.15, -0.1) is 0 Å². The summed E-state index contributed by atoms with van der Waals surface area (Å²) in [7, 11) is 1.64. The molecule has 2 aromatic rings. The van der Waals surface area contributed by atoms with E-state index in [0.717, 1.165) is 17.3 Å². The van der Waals surface area contributed by atoms with Crippen LogP contribution >= 0.6 is 0 Å². The fourth-order valence-electron chi connectivity index (χ4n) is 4.03. The van der Waals surface area contributed by atoms with Crippen molar-refractivity contribution in [2.24, 2.45) is 0 Å². The number of likely N-dealkylation sites (tertiary alicyclic amines) is 2. The summed E-state index contributed by atoms with van der Waals surface area (Å²) in [6, 6.07) is 9.50. The maximum atomic E-state index is 13.0. The summed E-state index contributed by atoms with van der Waals surface area (Å²) < 4.78 is 36.8. The molecule has 0 unspecified atom stereocenters. The molecule has 4 rings (SSSR count). The number of carbonyl (C=O) groups excluding carboxylic acids is 2. The smallest absolute Gasteiger partial charge is 0.475 e. The number of aromatic nitrogens is 1. The molecule has 0 saturated carbocycles. The summed E-state index contributed by atoms with van der Waals surface area (Å²) in [5.41, 5.74) is 1.53. The number of benzene rings is 1. The molecule has 32 heavy (non-hydrogen) atoms. The molecule has 1 aromatic carbocycles. The molecule has 2 amide bonds. The van der Waals surface area contributed by atoms with Gasteiger partial charge in [0.15, 0.2) is 0 Å². The van der Waals surface area contributed by atoms with E-state index in [1.165, 1.54) is 0 Å². The van der Waals surface area contributed by atoms with Gasteiger partial charge in [-0.25, -0.2) is 4.79 Å². The Labute approximate surface area is 181 Å². The second kappa shape index (κ2) is 9.51. The number of carboxylic acid groups (broad SMARTS) is 1. The standard InChI is InChI=1S/C19H21N3O3.C2HF3O2/c1-25-10-9-21-16-6-8-22(17(16)12-18(21)23)19(24)14-4-5-15-13(11-14)3-2-7-20-15;3-2(4,5)1(6)7/h2-5,7,11,16-17H,6,8-10,12H2,1H3;(H,6,7)/t16-,17-;/m1./s1. The number of rotatable bonds is 4. The van der Waals surface area contributed by atoms with E-state index in [9.17, 15) is 22.8 Å². The first-order valence-corrected chi connectivity index (χ1v) is 9.87. The van der Waals surface area contributed by atoms with Gasteiger partial charge in [-0.05, 0) is 30.7 Å². The molecular formula is C21H22F3N3O5. The first-order valence-electron chi connectivity index (χ1n) is 9.87. The zero-order valence-electron chi connectivity index (χ0n) is 17.2. The lowest BCUT2D eigenvalue weighted by atomic mass is 10.1. The van der Waals surface area contributed by atoms with Crippen LogP contribution in [0.25, 0.3) is 10.9 Å². The van der Waals surface area contributed by atoms with Crippen LogP contribution in [-0.4, -0.2) is 82.7 Å². The van der Waals surface area contributed by atoms with Crippen LogP contribution in [0.3, 0.4) is 0 Å². The number of methoxy groups -OCH3 is 1. The Morgan fingerprint density at radius 2 is 1.97 bits per heavy atom. The molecule has 2 aliphatic rings. The average molecular weight is 453 g/mol. The summed E-state index contributed by atoms with van der Waals surface area (Å²) in [4.78, 5) is 42.2. The van der Waals surface area contributed by atoms with Gasteiger partial charge in [-0.1, -0.05) is 6.07 Å². The summed E-state index contributed by atoms with van der Waals surface area (Å²) in [6.07, 6.45) is -2.09. The maximum absolute atomic E-state index is 13.0. The SMILES string of the molecule is COCCN1C(=O)C[C@@H]2[C@H]1CCN2C(=O)c1ccc2ncccc2c1.O=C(O)C(F)(F)F. The predicted octanol–water partition coefficient (Wildman–Crippen LogP) is 2.33. The fraction of sp³-hybridized carbons (Fsp3) is 0.429. The average Bonchev–Trinajstić information content (AvgIpc) is 3.29. The third-order valence-electron chi connectivity index (χ3n) is 5.50. The van der Waals surface area contributed by atoms with E-state index < -0.39 is 12.1 Å². The van der Waals surface area contributed by atoms with Crippen molar-refractivity contribution in [2.45, 2.75) is 31.1 Å². The third-order valence-corrected chi connectivity index (χ3v) is 5.50. The molecule has 2 aliphatic heterocycles. The van der Waals surface area contributed by atoms with E-state index in [1.807, 2.05) is 40.1 Å². The quantitative estimate of drug-likeness (QED) is 0.763. The maximum Gasteiger partial charge on any atom is 0.490 e. The first kappa shape index (κ1) is 23.5. The van der Waals surface area contributed by atoms with Crippen molar-refractivity contribution >= 4 is 28.7 Å².